The van der Waals surface area contributed by atoms with Crippen molar-refractivity contribution >= 4 is 6.03 Å². The van der Waals surface area contributed by atoms with Crippen molar-refractivity contribution in [1.82, 2.24) is 14.8 Å². The second-order valence-corrected chi connectivity index (χ2v) is 6.42. The summed E-state index contributed by atoms with van der Waals surface area (Å²) in [5.74, 6) is -0.296. The Bertz CT molecular complexity index is 906. The van der Waals surface area contributed by atoms with Crippen LogP contribution in [0.5, 0.6) is 0 Å². The number of hydrogen-bond acceptors (Lipinski definition) is 1. The summed E-state index contributed by atoms with van der Waals surface area (Å²) in [4.78, 5) is 14.7. The summed E-state index contributed by atoms with van der Waals surface area (Å²) in [6.07, 6.45) is 2.00. The van der Waals surface area contributed by atoms with E-state index in [0.717, 1.165) is 23.4 Å². The minimum atomic E-state index is -0.301. The highest BCUT2D eigenvalue weighted by Crippen LogP contribution is 2.32. The first kappa shape index (κ1) is 16.4. The maximum atomic E-state index is 13.8. The zero-order valence-electron chi connectivity index (χ0n) is 14.3. The molecule has 2 aromatic carbocycles. The van der Waals surface area contributed by atoms with Gasteiger partial charge in [-0.15, -0.1) is 0 Å². The van der Waals surface area contributed by atoms with Crippen molar-refractivity contribution in [3.8, 4) is 0 Å². The fourth-order valence-electron chi connectivity index (χ4n) is 3.50. The van der Waals surface area contributed by atoms with E-state index in [4.69, 9.17) is 0 Å². The number of fused-ring (bicyclic) bond motifs is 1. The predicted molar refractivity (Wildman–Crippen MR) is 98.1 cm³/mol. The molecule has 0 aliphatic carbocycles. The molecule has 1 aliphatic rings. The fourth-order valence-corrected chi connectivity index (χ4v) is 3.50. The lowest BCUT2D eigenvalue weighted by Crippen LogP contribution is -2.47. The number of hydrogen-bond donors (Lipinski definition) is 1. The first-order valence-corrected chi connectivity index (χ1v) is 8.71. The molecule has 2 amide bonds. The molecule has 0 saturated heterocycles. The van der Waals surface area contributed by atoms with Gasteiger partial charge in [-0.05, 0) is 35.4 Å². The SMILES string of the molecule is O=C(NCc1ccccc1)N1CCn2cccc2C1c1cccc(F)c1. The lowest BCUT2D eigenvalue weighted by atomic mass is 10.00. The fraction of sp³-hybridized carbons (Fsp3) is 0.190. The molecular weight excluding hydrogens is 329 g/mol. The Labute approximate surface area is 151 Å². The highest BCUT2D eigenvalue weighted by molar-refractivity contribution is 5.75. The van der Waals surface area contributed by atoms with E-state index in [-0.39, 0.29) is 17.9 Å². The average Bonchev–Trinajstić information content (AvgIpc) is 3.15. The molecule has 1 aromatic heterocycles. The molecule has 1 aliphatic heterocycles. The van der Waals surface area contributed by atoms with Crippen LogP contribution in [0.4, 0.5) is 9.18 Å². The molecule has 0 fully saturated rings. The van der Waals surface area contributed by atoms with Gasteiger partial charge in [0.15, 0.2) is 0 Å². The zero-order chi connectivity index (χ0) is 17.9. The Morgan fingerprint density at radius 3 is 2.69 bits per heavy atom. The van der Waals surface area contributed by atoms with Gasteiger partial charge in [0, 0.05) is 31.5 Å². The summed E-state index contributed by atoms with van der Waals surface area (Å²) < 4.78 is 15.9. The van der Waals surface area contributed by atoms with Crippen LogP contribution in [0.15, 0.2) is 72.9 Å². The number of amides is 2. The van der Waals surface area contributed by atoms with E-state index < -0.39 is 0 Å². The van der Waals surface area contributed by atoms with Crippen LogP contribution in [-0.2, 0) is 13.1 Å². The molecule has 0 radical (unpaired) electrons. The van der Waals surface area contributed by atoms with Crippen LogP contribution in [-0.4, -0.2) is 22.0 Å². The Morgan fingerprint density at radius 1 is 1.04 bits per heavy atom. The largest absolute Gasteiger partial charge is 0.348 e. The van der Waals surface area contributed by atoms with Crippen LogP contribution in [0, 0.1) is 5.82 Å². The standard InChI is InChI=1S/C21H20FN3O/c22-18-9-4-8-17(14-18)20-19-10-5-11-24(19)12-13-25(20)21(26)23-15-16-6-2-1-3-7-16/h1-11,14,20H,12-13,15H2,(H,23,26). The molecule has 0 bridgehead atoms. The molecule has 26 heavy (non-hydrogen) atoms. The van der Waals surface area contributed by atoms with Gasteiger partial charge in [-0.1, -0.05) is 42.5 Å². The Balaban J connectivity index is 1.60. The van der Waals surface area contributed by atoms with Crippen LogP contribution in [0.2, 0.25) is 0 Å². The molecule has 0 saturated carbocycles. The molecule has 132 valence electrons. The van der Waals surface area contributed by atoms with Crippen molar-refractivity contribution in [2.45, 2.75) is 19.1 Å². The van der Waals surface area contributed by atoms with Crippen molar-refractivity contribution in [3.05, 3.63) is 95.6 Å². The van der Waals surface area contributed by atoms with E-state index in [2.05, 4.69) is 9.88 Å². The highest BCUT2D eigenvalue weighted by Gasteiger charge is 2.32. The molecule has 5 heteroatoms. The third-order valence-electron chi connectivity index (χ3n) is 4.75. The quantitative estimate of drug-likeness (QED) is 0.764. The number of halogens is 1. The summed E-state index contributed by atoms with van der Waals surface area (Å²) in [6.45, 7) is 1.77. The van der Waals surface area contributed by atoms with Crippen LogP contribution in [0.25, 0.3) is 0 Å². The van der Waals surface area contributed by atoms with Gasteiger partial charge in [0.05, 0.1) is 6.04 Å². The van der Waals surface area contributed by atoms with Gasteiger partial charge in [0.1, 0.15) is 5.82 Å². The second-order valence-electron chi connectivity index (χ2n) is 6.42. The molecular formula is C21H20FN3O. The van der Waals surface area contributed by atoms with Gasteiger partial charge in [0.2, 0.25) is 0 Å². The van der Waals surface area contributed by atoms with E-state index in [1.165, 1.54) is 12.1 Å². The predicted octanol–water partition coefficient (Wildman–Crippen LogP) is 3.94. The lowest BCUT2D eigenvalue weighted by Gasteiger charge is -2.37. The molecule has 0 spiro atoms. The minimum Gasteiger partial charge on any atom is -0.348 e. The van der Waals surface area contributed by atoms with Crippen LogP contribution in [0.3, 0.4) is 0 Å². The third-order valence-corrected chi connectivity index (χ3v) is 4.75. The highest BCUT2D eigenvalue weighted by atomic mass is 19.1. The number of carbonyl (C=O) groups is 1. The summed E-state index contributed by atoms with van der Waals surface area (Å²) in [7, 11) is 0. The maximum Gasteiger partial charge on any atom is 0.318 e. The summed E-state index contributed by atoms with van der Waals surface area (Å²) in [6, 6.07) is 19.8. The molecule has 1 atom stereocenters. The van der Waals surface area contributed by atoms with E-state index >= 15 is 0 Å². The van der Waals surface area contributed by atoms with Gasteiger partial charge >= 0.3 is 6.03 Å². The second kappa shape index (κ2) is 7.04. The number of carbonyl (C=O) groups excluding carboxylic acids is 1. The molecule has 4 rings (SSSR count). The van der Waals surface area contributed by atoms with E-state index in [1.54, 1.807) is 11.0 Å². The summed E-state index contributed by atoms with van der Waals surface area (Å²) >= 11 is 0. The smallest absolute Gasteiger partial charge is 0.318 e. The first-order valence-electron chi connectivity index (χ1n) is 8.71. The summed E-state index contributed by atoms with van der Waals surface area (Å²) in [5.41, 5.74) is 2.82. The lowest BCUT2D eigenvalue weighted by molar-refractivity contribution is 0.168. The van der Waals surface area contributed by atoms with Crippen molar-refractivity contribution in [2.75, 3.05) is 6.54 Å². The van der Waals surface area contributed by atoms with Gasteiger partial charge < -0.3 is 14.8 Å². The number of urea groups is 1. The minimum absolute atomic E-state index is 0.143. The molecule has 3 aromatic rings. The van der Waals surface area contributed by atoms with E-state index in [0.29, 0.717) is 13.1 Å². The van der Waals surface area contributed by atoms with Gasteiger partial charge in [-0.25, -0.2) is 9.18 Å². The van der Waals surface area contributed by atoms with Gasteiger partial charge in [-0.3, -0.25) is 0 Å². The topological polar surface area (TPSA) is 37.3 Å². The molecule has 4 nitrogen and oxygen atoms in total. The van der Waals surface area contributed by atoms with E-state index in [1.807, 2.05) is 54.7 Å². The number of nitrogens with one attached hydrogen (secondary N) is 1. The Kier molecular flexibility index (Phi) is 4.44. The van der Waals surface area contributed by atoms with Gasteiger partial charge in [0.25, 0.3) is 0 Å². The molecule has 2 heterocycles. The van der Waals surface area contributed by atoms with Gasteiger partial charge in [-0.2, -0.15) is 0 Å². The normalized spacial score (nSPS) is 16.2. The first-order chi connectivity index (χ1) is 12.7. The van der Waals surface area contributed by atoms with Crippen molar-refractivity contribution < 1.29 is 9.18 Å². The van der Waals surface area contributed by atoms with Crippen molar-refractivity contribution in [3.63, 3.8) is 0 Å². The molecule has 1 unspecified atom stereocenters. The Morgan fingerprint density at radius 2 is 1.88 bits per heavy atom. The third kappa shape index (κ3) is 3.20. The monoisotopic (exact) mass is 349 g/mol. The van der Waals surface area contributed by atoms with Crippen LogP contribution >= 0.6 is 0 Å². The summed E-state index contributed by atoms with van der Waals surface area (Å²) in [5, 5.41) is 2.99. The van der Waals surface area contributed by atoms with Crippen molar-refractivity contribution in [1.29, 1.82) is 0 Å². The van der Waals surface area contributed by atoms with Crippen molar-refractivity contribution in [2.24, 2.45) is 0 Å². The number of benzene rings is 2. The number of rotatable bonds is 3. The number of nitrogens with zero attached hydrogens (tertiary/aromatic N) is 2. The molecule has 1 N–H and O–H groups in total. The van der Waals surface area contributed by atoms with Crippen LogP contribution < -0.4 is 5.32 Å². The Hall–Kier alpha value is -3.08. The maximum absolute atomic E-state index is 13.8. The number of aromatic nitrogens is 1. The zero-order valence-corrected chi connectivity index (χ0v) is 14.3. The van der Waals surface area contributed by atoms with E-state index in [9.17, 15) is 9.18 Å². The average molecular weight is 349 g/mol. The van der Waals surface area contributed by atoms with Crippen LogP contribution in [0.1, 0.15) is 22.9 Å².